The van der Waals surface area contributed by atoms with E-state index >= 15 is 0 Å². The number of hydrogen-bond acceptors (Lipinski definition) is 3. The van der Waals surface area contributed by atoms with Crippen molar-refractivity contribution in [3.63, 3.8) is 0 Å². The van der Waals surface area contributed by atoms with Crippen molar-refractivity contribution in [2.45, 2.75) is 4.90 Å². The second kappa shape index (κ2) is 6.26. The van der Waals surface area contributed by atoms with E-state index in [2.05, 4.69) is 20.7 Å². The van der Waals surface area contributed by atoms with E-state index in [1.165, 1.54) is 12.1 Å². The van der Waals surface area contributed by atoms with E-state index in [0.717, 1.165) is 16.8 Å². The summed E-state index contributed by atoms with van der Waals surface area (Å²) < 4.78 is 28.1. The highest BCUT2D eigenvalue weighted by molar-refractivity contribution is 9.10. The number of halogens is 1. The maximum absolute atomic E-state index is 12.6. The molecular formula is C17H12BrNO4S. The van der Waals surface area contributed by atoms with Gasteiger partial charge in [-0.3, -0.25) is 4.72 Å². The summed E-state index contributed by atoms with van der Waals surface area (Å²) in [6.45, 7) is 0. The Hall–Kier alpha value is -2.38. The fourth-order valence-corrected chi connectivity index (χ4v) is 3.88. The van der Waals surface area contributed by atoms with Gasteiger partial charge in [-0.1, -0.05) is 36.4 Å². The summed E-state index contributed by atoms with van der Waals surface area (Å²) in [4.78, 5) is 11.1. The van der Waals surface area contributed by atoms with Gasteiger partial charge < -0.3 is 5.11 Å². The first-order valence-corrected chi connectivity index (χ1v) is 9.19. The first-order chi connectivity index (χ1) is 11.4. The Balaban J connectivity index is 2.05. The topological polar surface area (TPSA) is 83.5 Å². The number of nitrogens with one attached hydrogen (secondary N) is 1. The van der Waals surface area contributed by atoms with Gasteiger partial charge >= 0.3 is 5.97 Å². The van der Waals surface area contributed by atoms with Crippen LogP contribution in [0.5, 0.6) is 0 Å². The zero-order chi connectivity index (χ0) is 17.3. The van der Waals surface area contributed by atoms with Crippen molar-refractivity contribution < 1.29 is 18.3 Å². The molecule has 24 heavy (non-hydrogen) atoms. The number of carbonyl (C=O) groups is 1. The number of aromatic carboxylic acids is 1. The lowest BCUT2D eigenvalue weighted by molar-refractivity contribution is 0.0695. The van der Waals surface area contributed by atoms with Gasteiger partial charge in [0.15, 0.2) is 0 Å². The van der Waals surface area contributed by atoms with Crippen LogP contribution in [0.25, 0.3) is 10.8 Å². The predicted molar refractivity (Wildman–Crippen MR) is 95.9 cm³/mol. The zero-order valence-corrected chi connectivity index (χ0v) is 14.6. The Labute approximate surface area is 147 Å². The summed E-state index contributed by atoms with van der Waals surface area (Å²) in [5, 5.41) is 10.8. The SMILES string of the molecule is O=C(O)c1cc(S(=O)(=O)Nc2cccc3ccccc23)ccc1Br. The average molecular weight is 406 g/mol. The average Bonchev–Trinajstić information content (AvgIpc) is 2.55. The minimum atomic E-state index is -3.91. The molecule has 0 spiro atoms. The molecule has 0 aliphatic rings. The molecule has 3 rings (SSSR count). The highest BCUT2D eigenvalue weighted by atomic mass is 79.9. The standard InChI is InChI=1S/C17H12BrNO4S/c18-15-9-8-12(10-14(15)17(20)21)24(22,23)19-16-7-3-5-11-4-1-2-6-13(11)16/h1-10,19H,(H,20,21). The van der Waals surface area contributed by atoms with Gasteiger partial charge in [0, 0.05) is 9.86 Å². The molecule has 0 heterocycles. The predicted octanol–water partition coefficient (Wildman–Crippen LogP) is 4.10. The summed E-state index contributed by atoms with van der Waals surface area (Å²) in [7, 11) is -3.91. The van der Waals surface area contributed by atoms with Crippen LogP contribution >= 0.6 is 15.9 Å². The molecular weight excluding hydrogens is 394 g/mol. The molecule has 0 atom stereocenters. The highest BCUT2D eigenvalue weighted by Gasteiger charge is 2.19. The lowest BCUT2D eigenvalue weighted by Gasteiger charge is -2.11. The molecule has 0 radical (unpaired) electrons. The molecule has 0 saturated heterocycles. The molecule has 7 heteroatoms. The van der Waals surface area contributed by atoms with Crippen LogP contribution in [0.15, 0.2) is 70.0 Å². The molecule has 5 nitrogen and oxygen atoms in total. The summed E-state index contributed by atoms with van der Waals surface area (Å²) in [6.07, 6.45) is 0. The Kier molecular flexibility index (Phi) is 4.29. The van der Waals surface area contributed by atoms with Gasteiger partial charge in [0.25, 0.3) is 10.0 Å². The van der Waals surface area contributed by atoms with Crippen molar-refractivity contribution in [2.24, 2.45) is 0 Å². The third-order valence-electron chi connectivity index (χ3n) is 3.51. The van der Waals surface area contributed by atoms with Crippen LogP contribution in [0.1, 0.15) is 10.4 Å². The number of carboxylic acids is 1. The lowest BCUT2D eigenvalue weighted by atomic mass is 10.1. The summed E-state index contributed by atoms with van der Waals surface area (Å²) in [6, 6.07) is 16.6. The van der Waals surface area contributed by atoms with E-state index in [1.807, 2.05) is 30.3 Å². The van der Waals surface area contributed by atoms with E-state index in [9.17, 15) is 13.2 Å². The molecule has 0 aliphatic heterocycles. The first-order valence-electron chi connectivity index (χ1n) is 6.92. The molecule has 0 bridgehead atoms. The van der Waals surface area contributed by atoms with Crippen molar-refractivity contribution in [3.8, 4) is 0 Å². The Morgan fingerprint density at radius 3 is 2.46 bits per heavy atom. The van der Waals surface area contributed by atoms with Crippen LogP contribution in [-0.4, -0.2) is 19.5 Å². The zero-order valence-electron chi connectivity index (χ0n) is 12.2. The number of anilines is 1. The van der Waals surface area contributed by atoms with E-state index < -0.39 is 16.0 Å². The monoisotopic (exact) mass is 405 g/mol. The second-order valence-corrected chi connectivity index (χ2v) is 7.62. The fraction of sp³-hybridized carbons (Fsp3) is 0. The van der Waals surface area contributed by atoms with Crippen LogP contribution in [0.4, 0.5) is 5.69 Å². The minimum Gasteiger partial charge on any atom is -0.478 e. The van der Waals surface area contributed by atoms with E-state index in [-0.39, 0.29) is 10.5 Å². The van der Waals surface area contributed by atoms with Crippen molar-refractivity contribution in [2.75, 3.05) is 4.72 Å². The third-order valence-corrected chi connectivity index (χ3v) is 5.57. The molecule has 0 aromatic heterocycles. The number of rotatable bonds is 4. The molecule has 3 aromatic rings. The Morgan fingerprint density at radius 1 is 1.00 bits per heavy atom. The summed E-state index contributed by atoms with van der Waals surface area (Å²) in [5.41, 5.74) is 0.323. The third kappa shape index (κ3) is 3.13. The molecule has 0 unspecified atom stereocenters. The van der Waals surface area contributed by atoms with Gasteiger partial charge in [0.2, 0.25) is 0 Å². The molecule has 122 valence electrons. The van der Waals surface area contributed by atoms with Gasteiger partial charge in [0.05, 0.1) is 16.1 Å². The van der Waals surface area contributed by atoms with Gasteiger partial charge in [-0.15, -0.1) is 0 Å². The highest BCUT2D eigenvalue weighted by Crippen LogP contribution is 2.27. The van der Waals surface area contributed by atoms with Crippen molar-refractivity contribution in [1.82, 2.24) is 0 Å². The van der Waals surface area contributed by atoms with Gasteiger partial charge in [-0.05, 0) is 45.6 Å². The van der Waals surface area contributed by atoms with Gasteiger partial charge in [-0.25, -0.2) is 13.2 Å². The number of sulfonamides is 1. The molecule has 0 fully saturated rings. The smallest absolute Gasteiger partial charge is 0.336 e. The molecule has 3 aromatic carbocycles. The van der Waals surface area contributed by atoms with Crippen LogP contribution in [0.2, 0.25) is 0 Å². The Bertz CT molecular complexity index is 1040. The largest absolute Gasteiger partial charge is 0.478 e. The fourth-order valence-electron chi connectivity index (χ4n) is 2.35. The normalized spacial score (nSPS) is 11.4. The van der Waals surface area contributed by atoms with Crippen LogP contribution in [0, 0.1) is 0 Å². The maximum Gasteiger partial charge on any atom is 0.336 e. The number of hydrogen-bond donors (Lipinski definition) is 2. The molecule has 0 aliphatic carbocycles. The van der Waals surface area contributed by atoms with Crippen LogP contribution < -0.4 is 4.72 Å². The van der Waals surface area contributed by atoms with E-state index in [1.54, 1.807) is 12.1 Å². The van der Waals surface area contributed by atoms with E-state index in [4.69, 9.17) is 5.11 Å². The lowest BCUT2D eigenvalue weighted by Crippen LogP contribution is -2.14. The van der Waals surface area contributed by atoms with Crippen LogP contribution in [-0.2, 0) is 10.0 Å². The van der Waals surface area contributed by atoms with Crippen molar-refractivity contribution in [3.05, 3.63) is 70.7 Å². The number of benzene rings is 3. The Morgan fingerprint density at radius 2 is 1.71 bits per heavy atom. The van der Waals surface area contributed by atoms with Crippen molar-refractivity contribution in [1.29, 1.82) is 0 Å². The van der Waals surface area contributed by atoms with Gasteiger partial charge in [0.1, 0.15) is 0 Å². The van der Waals surface area contributed by atoms with Gasteiger partial charge in [-0.2, -0.15) is 0 Å². The molecule has 2 N–H and O–H groups in total. The summed E-state index contributed by atoms with van der Waals surface area (Å²) in [5.74, 6) is -1.20. The van der Waals surface area contributed by atoms with E-state index in [0.29, 0.717) is 10.2 Å². The number of fused-ring (bicyclic) bond motifs is 1. The minimum absolute atomic E-state index is 0.115. The second-order valence-electron chi connectivity index (χ2n) is 5.08. The maximum atomic E-state index is 12.6. The molecule has 0 saturated carbocycles. The summed E-state index contributed by atoms with van der Waals surface area (Å²) >= 11 is 3.10. The number of carboxylic acid groups (broad SMARTS) is 1. The first kappa shape index (κ1) is 16.5. The van der Waals surface area contributed by atoms with Crippen molar-refractivity contribution >= 4 is 48.4 Å². The molecule has 0 amide bonds. The van der Waals surface area contributed by atoms with Crippen LogP contribution in [0.3, 0.4) is 0 Å². The quantitative estimate of drug-likeness (QED) is 0.684.